The van der Waals surface area contributed by atoms with Crippen molar-refractivity contribution < 1.29 is 14.3 Å². The Morgan fingerprint density at radius 1 is 1.09 bits per heavy atom. The SMILES string of the molecule is CCC(CC(=O)O)c1cc(Nc2ccc(Cl)cc2)cc(N(Cc2ccc(F)cc2)C(C)C)n1. The van der Waals surface area contributed by atoms with E-state index in [2.05, 4.69) is 24.1 Å². The molecule has 0 radical (unpaired) electrons. The van der Waals surface area contributed by atoms with E-state index in [1.807, 2.05) is 31.2 Å². The number of carboxylic acids is 1. The molecular formula is C26H29ClFN3O2. The van der Waals surface area contributed by atoms with E-state index >= 15 is 0 Å². The Labute approximate surface area is 199 Å². The van der Waals surface area contributed by atoms with E-state index in [1.165, 1.54) is 12.1 Å². The lowest BCUT2D eigenvalue weighted by Crippen LogP contribution is -2.31. The number of anilines is 3. The zero-order valence-electron chi connectivity index (χ0n) is 19.1. The van der Waals surface area contributed by atoms with Gasteiger partial charge in [0.2, 0.25) is 0 Å². The van der Waals surface area contributed by atoms with Gasteiger partial charge in [-0.15, -0.1) is 0 Å². The van der Waals surface area contributed by atoms with E-state index in [9.17, 15) is 14.3 Å². The molecule has 0 aliphatic rings. The van der Waals surface area contributed by atoms with Crippen LogP contribution in [0.25, 0.3) is 0 Å². The number of hydrogen-bond donors (Lipinski definition) is 2. The molecule has 0 bridgehead atoms. The molecule has 3 aromatic rings. The second kappa shape index (κ2) is 11.1. The Hall–Kier alpha value is -3.12. The van der Waals surface area contributed by atoms with Gasteiger partial charge in [-0.25, -0.2) is 9.37 Å². The van der Waals surface area contributed by atoms with Crippen LogP contribution in [0.3, 0.4) is 0 Å². The summed E-state index contributed by atoms with van der Waals surface area (Å²) in [5.41, 5.74) is 3.36. The number of benzene rings is 2. The maximum atomic E-state index is 13.4. The van der Waals surface area contributed by atoms with Crippen LogP contribution >= 0.6 is 11.6 Å². The highest BCUT2D eigenvalue weighted by Gasteiger charge is 2.20. The summed E-state index contributed by atoms with van der Waals surface area (Å²) in [6.45, 7) is 6.65. The summed E-state index contributed by atoms with van der Waals surface area (Å²) in [7, 11) is 0. The Balaban J connectivity index is 2.02. The standard InChI is InChI=1S/C26H29ClFN3O2/c1-4-19(13-26(32)33)24-14-23(29-22-11-7-20(27)8-12-22)15-25(30-24)31(17(2)3)16-18-5-9-21(28)10-6-18/h5-12,14-15,17,19H,4,13,16H2,1-3H3,(H,29,30)(H,32,33). The molecule has 0 aliphatic heterocycles. The highest BCUT2D eigenvalue weighted by atomic mass is 35.5. The number of aliphatic carboxylic acids is 1. The molecule has 1 heterocycles. The second-order valence-corrected chi connectivity index (χ2v) is 8.76. The summed E-state index contributed by atoms with van der Waals surface area (Å²) in [5, 5.41) is 13.4. The third-order valence-electron chi connectivity index (χ3n) is 5.48. The smallest absolute Gasteiger partial charge is 0.304 e. The number of hydrogen-bond acceptors (Lipinski definition) is 4. The van der Waals surface area contributed by atoms with Crippen LogP contribution in [0.5, 0.6) is 0 Å². The summed E-state index contributed by atoms with van der Waals surface area (Å²) >= 11 is 6.01. The van der Waals surface area contributed by atoms with Crippen molar-refractivity contribution in [3.8, 4) is 0 Å². The van der Waals surface area contributed by atoms with Gasteiger partial charge >= 0.3 is 5.97 Å². The lowest BCUT2D eigenvalue weighted by Gasteiger charge is -2.29. The maximum Gasteiger partial charge on any atom is 0.304 e. The number of pyridine rings is 1. The highest BCUT2D eigenvalue weighted by molar-refractivity contribution is 6.30. The fourth-order valence-electron chi connectivity index (χ4n) is 3.65. The molecule has 0 saturated carbocycles. The Morgan fingerprint density at radius 3 is 2.33 bits per heavy atom. The van der Waals surface area contributed by atoms with E-state index < -0.39 is 5.97 Å². The Morgan fingerprint density at radius 2 is 1.76 bits per heavy atom. The van der Waals surface area contributed by atoms with Crippen LogP contribution in [0.2, 0.25) is 5.02 Å². The molecule has 2 aromatic carbocycles. The summed E-state index contributed by atoms with van der Waals surface area (Å²) in [4.78, 5) is 18.4. The summed E-state index contributed by atoms with van der Waals surface area (Å²) < 4.78 is 13.4. The lowest BCUT2D eigenvalue weighted by atomic mass is 9.97. The van der Waals surface area contributed by atoms with Gasteiger partial charge < -0.3 is 15.3 Å². The van der Waals surface area contributed by atoms with E-state index in [0.29, 0.717) is 18.0 Å². The van der Waals surface area contributed by atoms with Crippen molar-refractivity contribution in [1.29, 1.82) is 0 Å². The molecule has 1 atom stereocenters. The molecule has 2 N–H and O–H groups in total. The van der Waals surface area contributed by atoms with Crippen molar-refractivity contribution in [3.63, 3.8) is 0 Å². The maximum absolute atomic E-state index is 13.4. The first-order valence-corrected chi connectivity index (χ1v) is 11.4. The molecule has 174 valence electrons. The summed E-state index contributed by atoms with van der Waals surface area (Å²) in [6.07, 6.45) is 0.662. The summed E-state index contributed by atoms with van der Waals surface area (Å²) in [6, 6.07) is 17.8. The van der Waals surface area contributed by atoms with Crippen molar-refractivity contribution in [2.75, 3.05) is 10.2 Å². The van der Waals surface area contributed by atoms with Crippen LogP contribution in [-0.4, -0.2) is 22.1 Å². The van der Waals surface area contributed by atoms with Gasteiger partial charge in [0.25, 0.3) is 0 Å². The van der Waals surface area contributed by atoms with Crippen molar-refractivity contribution in [2.24, 2.45) is 0 Å². The molecule has 0 spiro atoms. The molecule has 0 fully saturated rings. The number of aromatic nitrogens is 1. The lowest BCUT2D eigenvalue weighted by molar-refractivity contribution is -0.137. The second-order valence-electron chi connectivity index (χ2n) is 8.32. The Bertz CT molecular complexity index is 1070. The van der Waals surface area contributed by atoms with Gasteiger partial charge in [0.05, 0.1) is 6.42 Å². The number of rotatable bonds is 10. The quantitative estimate of drug-likeness (QED) is 0.334. The van der Waals surface area contributed by atoms with Crippen LogP contribution in [0.4, 0.5) is 21.6 Å². The number of nitrogens with one attached hydrogen (secondary N) is 1. The van der Waals surface area contributed by atoms with Crippen LogP contribution in [-0.2, 0) is 11.3 Å². The molecule has 1 unspecified atom stereocenters. The van der Waals surface area contributed by atoms with E-state index in [-0.39, 0.29) is 24.2 Å². The number of carbonyl (C=O) groups is 1. The van der Waals surface area contributed by atoms with Gasteiger partial charge in [-0.3, -0.25) is 4.79 Å². The molecular weight excluding hydrogens is 441 g/mol. The van der Waals surface area contributed by atoms with E-state index in [1.54, 1.807) is 24.3 Å². The Kier molecular flexibility index (Phi) is 8.28. The minimum absolute atomic E-state index is 0.00692. The van der Waals surface area contributed by atoms with Crippen LogP contribution in [0, 0.1) is 5.82 Å². The molecule has 7 heteroatoms. The van der Waals surface area contributed by atoms with Gasteiger partial charge in [-0.1, -0.05) is 30.7 Å². The molecule has 33 heavy (non-hydrogen) atoms. The van der Waals surface area contributed by atoms with Crippen molar-refractivity contribution in [2.45, 2.75) is 52.1 Å². The van der Waals surface area contributed by atoms with E-state index in [0.717, 1.165) is 28.5 Å². The molecule has 3 rings (SSSR count). The first-order chi connectivity index (χ1) is 15.7. The molecule has 5 nitrogen and oxygen atoms in total. The molecule has 0 saturated heterocycles. The van der Waals surface area contributed by atoms with Gasteiger partial charge in [-0.2, -0.15) is 0 Å². The van der Waals surface area contributed by atoms with Crippen molar-refractivity contribution in [3.05, 3.63) is 82.8 Å². The molecule has 0 amide bonds. The van der Waals surface area contributed by atoms with Gasteiger partial charge in [0, 0.05) is 46.7 Å². The van der Waals surface area contributed by atoms with Gasteiger partial charge in [0.1, 0.15) is 11.6 Å². The molecule has 1 aromatic heterocycles. The minimum Gasteiger partial charge on any atom is -0.481 e. The summed E-state index contributed by atoms with van der Waals surface area (Å²) in [5.74, 6) is -0.614. The largest absolute Gasteiger partial charge is 0.481 e. The monoisotopic (exact) mass is 469 g/mol. The van der Waals surface area contributed by atoms with Crippen molar-refractivity contribution >= 4 is 34.8 Å². The minimum atomic E-state index is -0.853. The topological polar surface area (TPSA) is 65.5 Å². The van der Waals surface area contributed by atoms with Gasteiger partial charge in [-0.05, 0) is 68.3 Å². The van der Waals surface area contributed by atoms with Crippen LogP contribution in [0.1, 0.15) is 50.8 Å². The number of nitrogens with zero attached hydrogens (tertiary/aromatic N) is 2. The van der Waals surface area contributed by atoms with Crippen LogP contribution in [0.15, 0.2) is 60.7 Å². The first kappa shape index (κ1) is 24.5. The predicted octanol–water partition coefficient (Wildman–Crippen LogP) is 7.00. The fourth-order valence-corrected chi connectivity index (χ4v) is 3.77. The van der Waals surface area contributed by atoms with E-state index in [4.69, 9.17) is 16.6 Å². The third kappa shape index (κ3) is 6.93. The predicted molar refractivity (Wildman–Crippen MR) is 132 cm³/mol. The average Bonchev–Trinajstić information content (AvgIpc) is 2.78. The van der Waals surface area contributed by atoms with Gasteiger partial charge in [0.15, 0.2) is 0 Å². The highest BCUT2D eigenvalue weighted by Crippen LogP contribution is 2.31. The fraction of sp³-hybridized carbons (Fsp3) is 0.308. The average molecular weight is 470 g/mol. The zero-order valence-corrected chi connectivity index (χ0v) is 19.8. The molecule has 0 aliphatic carbocycles. The number of carboxylic acid groups (broad SMARTS) is 1. The normalized spacial score (nSPS) is 11.9. The first-order valence-electron chi connectivity index (χ1n) is 11.0. The zero-order chi connectivity index (χ0) is 24.0. The van der Waals surface area contributed by atoms with Crippen LogP contribution < -0.4 is 10.2 Å². The van der Waals surface area contributed by atoms with Crippen molar-refractivity contribution in [1.82, 2.24) is 4.98 Å². The third-order valence-corrected chi connectivity index (χ3v) is 5.73. The number of halogens is 2.